The van der Waals surface area contributed by atoms with Crippen LogP contribution in [0.3, 0.4) is 0 Å². The van der Waals surface area contributed by atoms with E-state index in [0.29, 0.717) is 5.75 Å². The number of nitrogens with zero attached hydrogens (tertiary/aromatic N) is 1. The number of aliphatic carboxylic acids is 1. The molecule has 1 atom stereocenters. The Morgan fingerprint density at radius 2 is 2.12 bits per heavy atom. The van der Waals surface area contributed by atoms with Gasteiger partial charge in [0.15, 0.2) is 0 Å². The van der Waals surface area contributed by atoms with E-state index in [4.69, 9.17) is 9.90 Å². The summed E-state index contributed by atoms with van der Waals surface area (Å²) in [5.41, 5.74) is 0. The quantitative estimate of drug-likeness (QED) is 0.653. The van der Waals surface area contributed by atoms with Gasteiger partial charge in [-0.05, 0) is 19.4 Å². The zero-order valence-electron chi connectivity index (χ0n) is 9.35. The predicted molar refractivity (Wildman–Crippen MR) is 59.7 cm³/mol. The van der Waals surface area contributed by atoms with Gasteiger partial charge >= 0.3 is 0 Å². The first-order chi connectivity index (χ1) is 7.43. The largest absolute Gasteiger partial charge is 0.481 e. The monoisotopic (exact) mass is 250 g/mol. The van der Waals surface area contributed by atoms with Crippen molar-refractivity contribution < 1.29 is 18.3 Å². The minimum absolute atomic E-state index is 0.234. The normalized spacial score (nSPS) is 28.4. The maximum atomic E-state index is 11.4. The summed E-state index contributed by atoms with van der Waals surface area (Å²) in [5.74, 6) is -0.483. The SMILES string of the molecule is CC(=O)O.O=S1(=O)CCCN1C1CCNC1. The number of carboxylic acid groups (broad SMARTS) is 1. The highest BCUT2D eigenvalue weighted by Crippen LogP contribution is 2.20. The third kappa shape index (κ3) is 3.73. The van der Waals surface area contributed by atoms with Gasteiger partial charge in [0.25, 0.3) is 5.97 Å². The van der Waals surface area contributed by atoms with E-state index < -0.39 is 16.0 Å². The van der Waals surface area contributed by atoms with Gasteiger partial charge in [-0.2, -0.15) is 4.31 Å². The lowest BCUT2D eigenvalue weighted by molar-refractivity contribution is -0.134. The van der Waals surface area contributed by atoms with Crippen molar-refractivity contribution in [2.45, 2.75) is 25.8 Å². The van der Waals surface area contributed by atoms with E-state index in [2.05, 4.69) is 5.32 Å². The fourth-order valence-corrected chi connectivity index (χ4v) is 3.72. The van der Waals surface area contributed by atoms with Crippen LogP contribution < -0.4 is 5.32 Å². The Labute approximate surface area is 95.7 Å². The van der Waals surface area contributed by atoms with Gasteiger partial charge in [0.05, 0.1) is 5.75 Å². The Morgan fingerprint density at radius 1 is 1.50 bits per heavy atom. The molecule has 0 aromatic heterocycles. The summed E-state index contributed by atoms with van der Waals surface area (Å²) >= 11 is 0. The van der Waals surface area contributed by atoms with Crippen molar-refractivity contribution in [1.82, 2.24) is 9.62 Å². The molecule has 0 aliphatic carbocycles. The van der Waals surface area contributed by atoms with Gasteiger partial charge in [-0.15, -0.1) is 0 Å². The molecule has 0 spiro atoms. The standard InChI is InChI=1S/C7H14N2O2S.C2H4O2/c10-12(11)5-1-4-9(12)7-2-3-8-6-7;1-2(3)4/h7-8H,1-6H2;1H3,(H,3,4). The molecular formula is C9H18N2O4S. The van der Waals surface area contributed by atoms with Crippen LogP contribution in [-0.4, -0.2) is 55.2 Å². The molecule has 2 aliphatic rings. The zero-order valence-corrected chi connectivity index (χ0v) is 10.2. The summed E-state index contributed by atoms with van der Waals surface area (Å²) in [6, 6.07) is 0.234. The molecule has 0 radical (unpaired) electrons. The lowest BCUT2D eigenvalue weighted by Gasteiger charge is -2.20. The third-order valence-corrected chi connectivity index (χ3v) is 4.58. The fourth-order valence-electron chi connectivity index (χ4n) is 1.95. The summed E-state index contributed by atoms with van der Waals surface area (Å²) < 4.78 is 24.6. The minimum atomic E-state index is -2.88. The fraction of sp³-hybridized carbons (Fsp3) is 0.889. The van der Waals surface area contributed by atoms with E-state index in [1.54, 1.807) is 4.31 Å². The Bertz CT molecular complexity index is 331. The highest BCUT2D eigenvalue weighted by atomic mass is 32.2. The van der Waals surface area contributed by atoms with E-state index in [-0.39, 0.29) is 6.04 Å². The number of carboxylic acids is 1. The van der Waals surface area contributed by atoms with E-state index >= 15 is 0 Å². The van der Waals surface area contributed by atoms with Crippen LogP contribution in [0.15, 0.2) is 0 Å². The van der Waals surface area contributed by atoms with Gasteiger partial charge in [0.1, 0.15) is 0 Å². The average Bonchev–Trinajstić information content (AvgIpc) is 2.71. The average molecular weight is 250 g/mol. The molecule has 94 valence electrons. The van der Waals surface area contributed by atoms with Crippen molar-refractivity contribution in [3.05, 3.63) is 0 Å². The van der Waals surface area contributed by atoms with Crippen molar-refractivity contribution >= 4 is 16.0 Å². The molecule has 0 aromatic rings. The number of hydrogen-bond acceptors (Lipinski definition) is 4. The third-order valence-electron chi connectivity index (χ3n) is 2.58. The molecule has 2 rings (SSSR count). The Balaban J connectivity index is 0.000000280. The second-order valence-corrected chi connectivity index (χ2v) is 5.99. The number of carbonyl (C=O) groups is 1. The Kier molecular flexibility index (Phi) is 4.69. The van der Waals surface area contributed by atoms with E-state index in [9.17, 15) is 8.42 Å². The predicted octanol–water partition coefficient (Wildman–Crippen LogP) is -0.525. The molecule has 0 bridgehead atoms. The summed E-state index contributed by atoms with van der Waals surface area (Å²) in [5, 5.41) is 10.6. The number of sulfonamides is 1. The number of hydrogen-bond donors (Lipinski definition) is 2. The molecule has 2 N–H and O–H groups in total. The van der Waals surface area contributed by atoms with Crippen LogP contribution in [0.25, 0.3) is 0 Å². The van der Waals surface area contributed by atoms with E-state index in [1.165, 1.54) is 0 Å². The van der Waals surface area contributed by atoms with Gasteiger partial charge in [-0.3, -0.25) is 4.79 Å². The molecule has 16 heavy (non-hydrogen) atoms. The molecule has 6 nitrogen and oxygen atoms in total. The molecule has 0 saturated carbocycles. The minimum Gasteiger partial charge on any atom is -0.481 e. The molecule has 1 unspecified atom stereocenters. The van der Waals surface area contributed by atoms with Gasteiger partial charge in [0, 0.05) is 26.1 Å². The summed E-state index contributed by atoms with van der Waals surface area (Å²) in [4.78, 5) is 9.00. The second kappa shape index (κ2) is 5.60. The molecule has 2 aliphatic heterocycles. The molecule has 2 heterocycles. The lowest BCUT2D eigenvalue weighted by Crippen LogP contribution is -2.37. The highest BCUT2D eigenvalue weighted by Gasteiger charge is 2.35. The topological polar surface area (TPSA) is 86.7 Å². The van der Waals surface area contributed by atoms with Crippen LogP contribution in [-0.2, 0) is 14.8 Å². The first kappa shape index (κ1) is 13.4. The van der Waals surface area contributed by atoms with Crippen LogP contribution in [0.2, 0.25) is 0 Å². The maximum absolute atomic E-state index is 11.4. The maximum Gasteiger partial charge on any atom is 0.300 e. The Morgan fingerprint density at radius 3 is 2.50 bits per heavy atom. The van der Waals surface area contributed by atoms with Crippen molar-refractivity contribution in [3.8, 4) is 0 Å². The van der Waals surface area contributed by atoms with Gasteiger partial charge in [-0.25, -0.2) is 8.42 Å². The van der Waals surface area contributed by atoms with Crippen molar-refractivity contribution in [2.24, 2.45) is 0 Å². The van der Waals surface area contributed by atoms with Gasteiger partial charge in [0.2, 0.25) is 10.0 Å². The Hall–Kier alpha value is -0.660. The molecule has 2 fully saturated rings. The first-order valence-electron chi connectivity index (χ1n) is 5.33. The number of rotatable bonds is 1. The highest BCUT2D eigenvalue weighted by molar-refractivity contribution is 7.89. The van der Waals surface area contributed by atoms with Crippen LogP contribution in [0.1, 0.15) is 19.8 Å². The summed E-state index contributed by atoms with van der Waals surface area (Å²) in [6.45, 7) is 3.60. The van der Waals surface area contributed by atoms with Gasteiger partial charge in [-0.1, -0.05) is 0 Å². The zero-order chi connectivity index (χ0) is 12.2. The first-order valence-corrected chi connectivity index (χ1v) is 6.94. The summed E-state index contributed by atoms with van der Waals surface area (Å²) in [6.07, 6.45) is 1.78. The number of nitrogens with one attached hydrogen (secondary N) is 1. The van der Waals surface area contributed by atoms with E-state index in [1.807, 2.05) is 0 Å². The molecule has 0 aromatic carbocycles. The van der Waals surface area contributed by atoms with Crippen molar-refractivity contribution in [2.75, 3.05) is 25.4 Å². The van der Waals surface area contributed by atoms with E-state index in [0.717, 1.165) is 39.4 Å². The smallest absolute Gasteiger partial charge is 0.300 e. The summed E-state index contributed by atoms with van der Waals surface area (Å²) in [7, 11) is -2.88. The van der Waals surface area contributed by atoms with Crippen LogP contribution in [0, 0.1) is 0 Å². The molecule has 0 amide bonds. The molecule has 2 saturated heterocycles. The lowest BCUT2D eigenvalue weighted by atomic mass is 10.2. The van der Waals surface area contributed by atoms with Crippen LogP contribution >= 0.6 is 0 Å². The van der Waals surface area contributed by atoms with Crippen LogP contribution in [0.4, 0.5) is 0 Å². The second-order valence-electron chi connectivity index (χ2n) is 3.95. The van der Waals surface area contributed by atoms with Gasteiger partial charge < -0.3 is 10.4 Å². The molecular weight excluding hydrogens is 232 g/mol. The molecule has 7 heteroatoms. The van der Waals surface area contributed by atoms with Crippen LogP contribution in [0.5, 0.6) is 0 Å². The van der Waals surface area contributed by atoms with Crippen molar-refractivity contribution in [3.63, 3.8) is 0 Å². The van der Waals surface area contributed by atoms with Crippen molar-refractivity contribution in [1.29, 1.82) is 0 Å².